The summed E-state index contributed by atoms with van der Waals surface area (Å²) in [4.78, 5) is 4.58. The fraction of sp³-hybridized carbons (Fsp3) is 0.333. The zero-order chi connectivity index (χ0) is 24.5. The average Bonchev–Trinajstić information content (AvgIpc) is 3.29. The fourth-order valence-electron chi connectivity index (χ4n) is 3.49. The number of hydrogen-bond acceptors (Lipinski definition) is 6. The first-order chi connectivity index (χ1) is 17.1. The first-order valence-corrected chi connectivity index (χ1v) is 13.9. The van der Waals surface area contributed by atoms with Crippen molar-refractivity contribution in [1.82, 2.24) is 20.1 Å². The Morgan fingerprint density at radius 2 is 1.74 bits per heavy atom. The molecule has 0 saturated heterocycles. The van der Waals surface area contributed by atoms with E-state index in [2.05, 4.69) is 58.3 Å². The van der Waals surface area contributed by atoms with Crippen molar-refractivity contribution in [2.75, 3.05) is 38.0 Å². The van der Waals surface area contributed by atoms with E-state index in [4.69, 9.17) is 14.2 Å². The van der Waals surface area contributed by atoms with Crippen LogP contribution >= 0.6 is 0 Å². The van der Waals surface area contributed by atoms with Gasteiger partial charge in [0.05, 0.1) is 25.7 Å². The van der Waals surface area contributed by atoms with Gasteiger partial charge in [-0.05, 0) is 40.6 Å². The summed E-state index contributed by atoms with van der Waals surface area (Å²) in [5.41, 5.74) is 4.41. The Kier molecular flexibility index (Phi) is 8.86. The molecule has 0 radical (unpaired) electrons. The lowest BCUT2D eigenvalue weighted by Gasteiger charge is -2.18. The molecule has 1 aliphatic rings. The zero-order valence-corrected chi connectivity index (χ0v) is 21.4. The maximum atomic E-state index is 5.88. The standard InChI is InChI=1S/C27H33N4O3S/c1-4-33-27-29-26(30-31(27)20-32-16-17-35(2)3)23-12-10-22(11-13-23)24-14-15-25(28-18-24)34-19-21-8-6-5-7-9-21/h5-15,28H,4,16-20H2,1-3H3/q+1. The van der Waals surface area contributed by atoms with E-state index in [1.807, 2.05) is 43.3 Å². The number of rotatable bonds is 12. The second kappa shape index (κ2) is 12.5. The molecule has 1 aromatic heterocycles. The predicted octanol–water partition coefficient (Wildman–Crippen LogP) is 4.24. The highest BCUT2D eigenvalue weighted by molar-refractivity contribution is 7.95. The van der Waals surface area contributed by atoms with Crippen LogP contribution < -0.4 is 10.1 Å². The third-order valence-electron chi connectivity index (χ3n) is 5.40. The zero-order valence-electron chi connectivity index (χ0n) is 20.6. The van der Waals surface area contributed by atoms with E-state index in [0.29, 0.717) is 55.8 Å². The number of nitrogens with one attached hydrogen (secondary N) is 1. The van der Waals surface area contributed by atoms with E-state index in [9.17, 15) is 0 Å². The maximum Gasteiger partial charge on any atom is 0.317 e. The van der Waals surface area contributed by atoms with Crippen LogP contribution in [0.5, 0.6) is 6.01 Å². The van der Waals surface area contributed by atoms with Crippen LogP contribution in [-0.4, -0.2) is 52.8 Å². The van der Waals surface area contributed by atoms with Crippen LogP contribution in [-0.2, 0) is 33.7 Å². The van der Waals surface area contributed by atoms with E-state index < -0.39 is 0 Å². The molecule has 2 heterocycles. The lowest BCUT2D eigenvalue weighted by atomic mass is 10.0. The summed E-state index contributed by atoms with van der Waals surface area (Å²) in [5.74, 6) is 2.44. The van der Waals surface area contributed by atoms with E-state index in [-0.39, 0.29) is 0 Å². The first kappa shape index (κ1) is 24.9. The van der Waals surface area contributed by atoms with Crippen molar-refractivity contribution in [3.8, 4) is 17.4 Å². The number of allylic oxidation sites excluding steroid dienone is 2. The molecule has 35 heavy (non-hydrogen) atoms. The Balaban J connectivity index is 1.39. The molecule has 2 aromatic carbocycles. The Morgan fingerprint density at radius 3 is 2.43 bits per heavy atom. The minimum atomic E-state index is 0.331. The summed E-state index contributed by atoms with van der Waals surface area (Å²) in [6.45, 7) is 4.74. The molecule has 4 rings (SSSR count). The quantitative estimate of drug-likeness (QED) is 0.301. The van der Waals surface area contributed by atoms with Gasteiger partial charge in [-0.3, -0.25) is 0 Å². The van der Waals surface area contributed by atoms with Crippen LogP contribution in [0.25, 0.3) is 17.0 Å². The van der Waals surface area contributed by atoms with Crippen molar-refractivity contribution in [3.63, 3.8) is 0 Å². The molecule has 0 unspecified atom stereocenters. The minimum Gasteiger partial charge on any atom is -0.474 e. The highest BCUT2D eigenvalue weighted by Gasteiger charge is 2.14. The number of benzene rings is 2. The second-order valence-electron chi connectivity index (χ2n) is 8.31. The molecule has 0 spiro atoms. The number of nitrogens with zero attached hydrogens (tertiary/aromatic N) is 3. The Bertz CT molecular complexity index is 1140. The van der Waals surface area contributed by atoms with E-state index in [1.165, 1.54) is 5.57 Å². The monoisotopic (exact) mass is 493 g/mol. The fourth-order valence-corrected chi connectivity index (χ4v) is 3.94. The number of aromatic nitrogens is 3. The maximum absolute atomic E-state index is 5.88. The van der Waals surface area contributed by atoms with Crippen molar-refractivity contribution in [2.24, 2.45) is 0 Å². The molecule has 1 aliphatic heterocycles. The molecule has 0 atom stereocenters. The molecule has 0 aliphatic carbocycles. The molecular formula is C27H33N4O3S+. The normalized spacial score (nSPS) is 13.3. The Morgan fingerprint density at radius 1 is 0.971 bits per heavy atom. The van der Waals surface area contributed by atoms with Gasteiger partial charge in [-0.25, -0.2) is 0 Å². The van der Waals surface area contributed by atoms with Gasteiger partial charge in [0.2, 0.25) is 0 Å². The third kappa shape index (κ3) is 7.13. The van der Waals surface area contributed by atoms with Gasteiger partial charge in [-0.2, -0.15) is 9.67 Å². The highest BCUT2D eigenvalue weighted by atomic mass is 32.2. The molecular weight excluding hydrogens is 460 g/mol. The van der Waals surface area contributed by atoms with Gasteiger partial charge >= 0.3 is 6.01 Å². The van der Waals surface area contributed by atoms with Gasteiger partial charge in [0.15, 0.2) is 11.7 Å². The van der Waals surface area contributed by atoms with Gasteiger partial charge in [-0.1, -0.05) is 60.7 Å². The van der Waals surface area contributed by atoms with Crippen molar-refractivity contribution in [3.05, 3.63) is 83.8 Å². The summed E-state index contributed by atoms with van der Waals surface area (Å²) in [6, 6.07) is 18.9. The van der Waals surface area contributed by atoms with Gasteiger partial charge < -0.3 is 19.5 Å². The molecule has 0 fully saturated rings. The second-order valence-corrected chi connectivity index (χ2v) is 10.7. The van der Waals surface area contributed by atoms with E-state index >= 15 is 0 Å². The SMILES string of the molecule is CCOc1nc(-c2ccc(C3=CC=C(OCc4ccccc4)NC3)cc2)nn1COCC[S+](C)C. The van der Waals surface area contributed by atoms with Crippen LogP contribution in [0.15, 0.2) is 72.6 Å². The molecule has 7 nitrogen and oxygen atoms in total. The minimum absolute atomic E-state index is 0.331. The summed E-state index contributed by atoms with van der Waals surface area (Å²) in [6.07, 6.45) is 8.50. The lowest BCUT2D eigenvalue weighted by molar-refractivity contribution is 0.0722. The van der Waals surface area contributed by atoms with Crippen LogP contribution in [0.1, 0.15) is 18.1 Å². The highest BCUT2D eigenvalue weighted by Crippen LogP contribution is 2.24. The van der Waals surface area contributed by atoms with Crippen LogP contribution in [0.3, 0.4) is 0 Å². The predicted molar refractivity (Wildman–Crippen MR) is 142 cm³/mol. The van der Waals surface area contributed by atoms with Crippen molar-refractivity contribution >= 4 is 16.5 Å². The van der Waals surface area contributed by atoms with Crippen molar-refractivity contribution in [2.45, 2.75) is 20.3 Å². The largest absolute Gasteiger partial charge is 0.474 e. The number of dihydropyridines is 1. The lowest BCUT2D eigenvalue weighted by Crippen LogP contribution is -2.21. The molecule has 184 valence electrons. The van der Waals surface area contributed by atoms with Crippen molar-refractivity contribution in [1.29, 1.82) is 0 Å². The molecule has 1 N–H and O–H groups in total. The van der Waals surface area contributed by atoms with Gasteiger partial charge in [-0.15, -0.1) is 5.10 Å². The molecule has 0 amide bonds. The van der Waals surface area contributed by atoms with Gasteiger partial charge in [0.25, 0.3) is 0 Å². The number of ether oxygens (including phenoxy) is 3. The third-order valence-corrected chi connectivity index (χ3v) is 6.38. The van der Waals surface area contributed by atoms with Crippen molar-refractivity contribution < 1.29 is 14.2 Å². The summed E-state index contributed by atoms with van der Waals surface area (Å²) >= 11 is 0. The first-order valence-electron chi connectivity index (χ1n) is 11.7. The Hall–Kier alpha value is -3.23. The topological polar surface area (TPSA) is 70.4 Å². The summed E-state index contributed by atoms with van der Waals surface area (Å²) < 4.78 is 19.0. The van der Waals surface area contributed by atoms with E-state index in [0.717, 1.165) is 28.3 Å². The van der Waals surface area contributed by atoms with Crippen LogP contribution in [0.2, 0.25) is 0 Å². The molecule has 3 aromatic rings. The van der Waals surface area contributed by atoms with Crippen LogP contribution in [0.4, 0.5) is 0 Å². The average molecular weight is 494 g/mol. The van der Waals surface area contributed by atoms with Gasteiger partial charge in [0, 0.05) is 12.1 Å². The molecule has 0 bridgehead atoms. The Labute approximate surface area is 210 Å². The molecule has 8 heteroatoms. The smallest absolute Gasteiger partial charge is 0.317 e. The molecule has 0 saturated carbocycles. The van der Waals surface area contributed by atoms with Crippen LogP contribution in [0, 0.1) is 0 Å². The summed E-state index contributed by atoms with van der Waals surface area (Å²) in [7, 11) is 0.356. The number of hydrogen-bond donors (Lipinski definition) is 1. The van der Waals surface area contributed by atoms with Gasteiger partial charge in [0.1, 0.15) is 19.1 Å². The van der Waals surface area contributed by atoms with E-state index in [1.54, 1.807) is 4.68 Å². The summed E-state index contributed by atoms with van der Waals surface area (Å²) in [5, 5.41) is 7.97.